The number of carbonyl (C=O) groups is 2. The van der Waals surface area contributed by atoms with E-state index in [4.69, 9.17) is 9.47 Å². The van der Waals surface area contributed by atoms with Gasteiger partial charge in [0.05, 0.1) is 26.7 Å². The summed E-state index contributed by atoms with van der Waals surface area (Å²) in [5.74, 6) is -1.13. The van der Waals surface area contributed by atoms with Gasteiger partial charge in [-0.05, 0) is 29.3 Å². The second-order valence-electron chi connectivity index (χ2n) is 10.9. The molecule has 8 heteroatoms. The lowest BCUT2D eigenvalue weighted by Gasteiger charge is -2.52. The first-order chi connectivity index (χ1) is 19.3. The van der Waals surface area contributed by atoms with Crippen LogP contribution < -0.4 is 10.1 Å². The molecular formula is C32H36FN2O5+. The highest BCUT2D eigenvalue weighted by Gasteiger charge is 2.50. The van der Waals surface area contributed by atoms with Crippen LogP contribution in [0.25, 0.3) is 0 Å². The molecule has 40 heavy (non-hydrogen) atoms. The average molecular weight is 548 g/mol. The van der Waals surface area contributed by atoms with E-state index in [2.05, 4.69) is 5.32 Å². The SMILES string of the molecule is COc1cc(C(=O)NCCC[N+]23CCC(CC2)C(OC(=O)C(O)(c2ccccc2)c2ccccc2)C3)ccc1F. The van der Waals surface area contributed by atoms with Gasteiger partial charge in [-0.25, -0.2) is 9.18 Å². The molecule has 3 fully saturated rings. The van der Waals surface area contributed by atoms with Gasteiger partial charge in [0.2, 0.25) is 5.60 Å². The minimum absolute atomic E-state index is 0.0363. The number of esters is 1. The van der Waals surface area contributed by atoms with E-state index in [1.807, 2.05) is 12.1 Å². The highest BCUT2D eigenvalue weighted by molar-refractivity contribution is 5.94. The fraction of sp³-hybridized carbons (Fsp3) is 0.375. The largest absolute Gasteiger partial charge is 0.494 e. The lowest BCUT2D eigenvalue weighted by Crippen LogP contribution is -2.65. The van der Waals surface area contributed by atoms with Crippen molar-refractivity contribution >= 4 is 11.9 Å². The van der Waals surface area contributed by atoms with Crippen LogP contribution in [0.1, 0.15) is 40.7 Å². The molecule has 3 aliphatic rings. The van der Waals surface area contributed by atoms with Gasteiger partial charge in [-0.2, -0.15) is 0 Å². The second-order valence-corrected chi connectivity index (χ2v) is 10.9. The van der Waals surface area contributed by atoms with E-state index >= 15 is 0 Å². The van der Waals surface area contributed by atoms with E-state index in [0.29, 0.717) is 29.8 Å². The third-order valence-corrected chi connectivity index (χ3v) is 8.49. The molecule has 1 amide bonds. The Morgan fingerprint density at radius 2 is 1.62 bits per heavy atom. The smallest absolute Gasteiger partial charge is 0.348 e. The predicted octanol–water partition coefficient (Wildman–Crippen LogP) is 4.04. The molecule has 7 nitrogen and oxygen atoms in total. The molecule has 2 N–H and O–H groups in total. The van der Waals surface area contributed by atoms with Crippen molar-refractivity contribution in [1.29, 1.82) is 0 Å². The number of halogens is 1. The van der Waals surface area contributed by atoms with E-state index in [-0.39, 0.29) is 23.7 Å². The quantitative estimate of drug-likeness (QED) is 0.227. The number of hydrogen-bond acceptors (Lipinski definition) is 5. The number of benzene rings is 3. The Balaban J connectivity index is 1.21. The summed E-state index contributed by atoms with van der Waals surface area (Å²) in [6.45, 7) is 4.02. The Labute approximate surface area is 234 Å². The maximum Gasteiger partial charge on any atom is 0.348 e. The van der Waals surface area contributed by atoms with Gasteiger partial charge in [-0.3, -0.25) is 4.79 Å². The Hall–Kier alpha value is -3.75. The number of ether oxygens (including phenoxy) is 2. The Morgan fingerprint density at radius 3 is 2.23 bits per heavy atom. The number of aliphatic hydroxyl groups is 1. The van der Waals surface area contributed by atoms with E-state index in [0.717, 1.165) is 43.4 Å². The molecule has 3 aromatic rings. The minimum atomic E-state index is -1.90. The van der Waals surface area contributed by atoms with Crippen LogP contribution in [0.4, 0.5) is 4.39 Å². The van der Waals surface area contributed by atoms with E-state index in [1.54, 1.807) is 48.5 Å². The summed E-state index contributed by atoms with van der Waals surface area (Å²) in [5, 5.41) is 14.7. The number of quaternary nitrogens is 1. The normalized spacial score (nSPS) is 22.0. The molecule has 210 valence electrons. The van der Waals surface area contributed by atoms with Crippen LogP contribution in [0.15, 0.2) is 78.9 Å². The van der Waals surface area contributed by atoms with Gasteiger partial charge in [0.15, 0.2) is 17.7 Å². The summed E-state index contributed by atoms with van der Waals surface area (Å²) >= 11 is 0. The zero-order valence-corrected chi connectivity index (χ0v) is 22.7. The summed E-state index contributed by atoms with van der Waals surface area (Å²) in [4.78, 5) is 26.3. The number of nitrogens with one attached hydrogen (secondary N) is 1. The van der Waals surface area contributed by atoms with Crippen molar-refractivity contribution < 1.29 is 33.0 Å². The molecule has 3 aromatic carbocycles. The monoisotopic (exact) mass is 547 g/mol. The van der Waals surface area contributed by atoms with Gasteiger partial charge < -0.3 is 24.4 Å². The summed E-state index contributed by atoms with van der Waals surface area (Å²) in [6.07, 6.45) is 2.38. The molecule has 0 aromatic heterocycles. The molecular weight excluding hydrogens is 511 g/mol. The van der Waals surface area contributed by atoms with Gasteiger partial charge in [-0.15, -0.1) is 0 Å². The zero-order valence-electron chi connectivity index (χ0n) is 22.7. The number of amides is 1. The molecule has 1 atom stereocenters. The first-order valence-electron chi connectivity index (χ1n) is 13.9. The third-order valence-electron chi connectivity index (χ3n) is 8.49. The van der Waals surface area contributed by atoms with Crippen LogP contribution in [0.3, 0.4) is 0 Å². The summed E-state index contributed by atoms with van der Waals surface area (Å²) in [6, 6.07) is 21.9. The summed E-state index contributed by atoms with van der Waals surface area (Å²) in [7, 11) is 1.37. The summed E-state index contributed by atoms with van der Waals surface area (Å²) in [5.41, 5.74) is -0.593. The average Bonchev–Trinajstić information content (AvgIpc) is 3.00. The number of rotatable bonds is 10. The van der Waals surface area contributed by atoms with Crippen LogP contribution in [-0.4, -0.2) is 67.4 Å². The minimum Gasteiger partial charge on any atom is -0.494 e. The number of carbonyl (C=O) groups excluding carboxylic acids is 2. The standard InChI is InChI=1S/C32H35FN2O5/c1-39-28-21-24(13-14-27(28)33)30(36)34-17-8-18-35-19-15-23(16-20-35)29(22-35)40-31(37)32(38,25-9-4-2-5-10-25)26-11-6-3-7-12-26/h2-7,9-14,21,23,29,38H,8,15-20,22H2,1H3/p+1. The van der Waals surface area contributed by atoms with Crippen molar-refractivity contribution in [2.24, 2.45) is 5.92 Å². The van der Waals surface area contributed by atoms with Gasteiger partial charge in [0.1, 0.15) is 6.54 Å². The Bertz CT molecular complexity index is 1290. The van der Waals surface area contributed by atoms with Crippen LogP contribution in [-0.2, 0) is 15.1 Å². The van der Waals surface area contributed by atoms with Crippen LogP contribution in [0.2, 0.25) is 0 Å². The van der Waals surface area contributed by atoms with Crippen LogP contribution in [0.5, 0.6) is 5.75 Å². The Kier molecular flexibility index (Phi) is 8.19. The molecule has 3 aliphatic heterocycles. The highest BCUT2D eigenvalue weighted by atomic mass is 19.1. The van der Waals surface area contributed by atoms with Crippen molar-refractivity contribution in [2.75, 3.05) is 39.8 Å². The molecule has 3 saturated heterocycles. The van der Waals surface area contributed by atoms with Crippen LogP contribution in [0, 0.1) is 11.7 Å². The highest BCUT2D eigenvalue weighted by Crippen LogP contribution is 2.38. The fourth-order valence-electron chi connectivity index (χ4n) is 6.17. The van der Waals surface area contributed by atoms with Crippen molar-refractivity contribution in [3.8, 4) is 5.75 Å². The van der Waals surface area contributed by atoms with Gasteiger partial charge in [-0.1, -0.05) is 60.7 Å². The third kappa shape index (κ3) is 5.60. The van der Waals surface area contributed by atoms with E-state index in [1.165, 1.54) is 25.3 Å². The maximum atomic E-state index is 13.7. The molecule has 0 spiro atoms. The van der Waals surface area contributed by atoms with Gasteiger partial charge in [0, 0.05) is 37.3 Å². The second kappa shape index (κ2) is 11.8. The number of piperidine rings is 3. The predicted molar refractivity (Wildman–Crippen MR) is 148 cm³/mol. The molecule has 0 saturated carbocycles. The topological polar surface area (TPSA) is 84.9 Å². The fourth-order valence-corrected chi connectivity index (χ4v) is 6.17. The maximum absolute atomic E-state index is 13.7. The Morgan fingerprint density at radius 1 is 1.00 bits per heavy atom. The van der Waals surface area contributed by atoms with Crippen molar-refractivity contribution in [3.63, 3.8) is 0 Å². The van der Waals surface area contributed by atoms with Gasteiger partial charge >= 0.3 is 5.97 Å². The molecule has 3 heterocycles. The summed E-state index contributed by atoms with van der Waals surface area (Å²) < 4.78 is 25.6. The number of fused-ring (bicyclic) bond motifs is 3. The number of hydrogen-bond donors (Lipinski definition) is 2. The zero-order chi connectivity index (χ0) is 28.2. The lowest BCUT2D eigenvalue weighted by atomic mass is 9.82. The molecule has 1 unspecified atom stereocenters. The molecule has 0 radical (unpaired) electrons. The lowest BCUT2D eigenvalue weighted by molar-refractivity contribution is -0.946. The van der Waals surface area contributed by atoms with Crippen molar-refractivity contribution in [3.05, 3.63) is 101 Å². The van der Waals surface area contributed by atoms with Crippen LogP contribution >= 0.6 is 0 Å². The van der Waals surface area contributed by atoms with Crippen molar-refractivity contribution in [1.82, 2.24) is 5.32 Å². The molecule has 6 rings (SSSR count). The molecule has 0 aliphatic carbocycles. The number of methoxy groups -OCH3 is 1. The van der Waals surface area contributed by atoms with E-state index in [9.17, 15) is 19.1 Å². The first-order valence-corrected chi connectivity index (χ1v) is 13.9. The van der Waals surface area contributed by atoms with Gasteiger partial charge in [0.25, 0.3) is 5.91 Å². The first kappa shape index (κ1) is 27.8. The number of nitrogens with zero attached hydrogens (tertiary/aromatic N) is 1. The van der Waals surface area contributed by atoms with Crippen molar-refractivity contribution in [2.45, 2.75) is 31.0 Å². The van der Waals surface area contributed by atoms with E-state index < -0.39 is 17.4 Å². The molecule has 2 bridgehead atoms.